The molecule has 2 N–H and O–H groups in total. The lowest BCUT2D eigenvalue weighted by molar-refractivity contribution is 0.318. The third kappa shape index (κ3) is 2.72. The number of nitrogens with one attached hydrogen (secondary N) is 2. The summed E-state index contributed by atoms with van der Waals surface area (Å²) in [6, 6.07) is 4.76. The lowest BCUT2D eigenvalue weighted by atomic mass is 10.2. The number of aliphatic imine (C=N–C) groups is 1. The maximum Gasteiger partial charge on any atom is 0.139 e. The number of methoxy groups -OCH3 is 1. The number of aromatic amines is 1. The fourth-order valence-corrected chi connectivity index (χ4v) is 2.55. The van der Waals surface area contributed by atoms with Crippen molar-refractivity contribution in [2.45, 2.75) is 31.7 Å². The van der Waals surface area contributed by atoms with E-state index in [1.165, 1.54) is 25.7 Å². The zero-order valence-corrected chi connectivity index (χ0v) is 11.1. The van der Waals surface area contributed by atoms with Crippen molar-refractivity contribution in [1.29, 1.82) is 0 Å². The highest BCUT2D eigenvalue weighted by molar-refractivity contribution is 5.89. The molecule has 1 fully saturated rings. The van der Waals surface area contributed by atoms with E-state index in [2.05, 4.69) is 27.6 Å². The van der Waals surface area contributed by atoms with Crippen LogP contribution in [0.4, 0.5) is 0 Å². The van der Waals surface area contributed by atoms with Crippen LogP contribution in [0.1, 0.15) is 25.7 Å². The number of hydrogen-bond donors (Lipinski definition) is 2. The summed E-state index contributed by atoms with van der Waals surface area (Å²) < 4.78 is 5.14. The average Bonchev–Trinajstić information content (AvgIpc) is 3.16. The Morgan fingerprint density at radius 2 is 2.21 bits per heavy atom. The van der Waals surface area contributed by atoms with E-state index < -0.39 is 0 Å². The van der Waals surface area contributed by atoms with Crippen molar-refractivity contribution < 1.29 is 4.74 Å². The van der Waals surface area contributed by atoms with E-state index in [0.29, 0.717) is 6.04 Å². The van der Waals surface area contributed by atoms with Crippen molar-refractivity contribution in [3.63, 3.8) is 0 Å². The van der Waals surface area contributed by atoms with Gasteiger partial charge in [0.1, 0.15) is 5.76 Å². The molecule has 0 radical (unpaired) electrons. The van der Waals surface area contributed by atoms with Crippen LogP contribution in [0.25, 0.3) is 11.9 Å². The molecule has 4 heteroatoms. The number of hydrogen-bond acceptors (Lipinski definition) is 3. The molecule has 4 nitrogen and oxygen atoms in total. The lowest BCUT2D eigenvalue weighted by Gasteiger charge is -2.07. The molecule has 1 aliphatic carbocycles. The second-order valence-corrected chi connectivity index (χ2v) is 5.01. The van der Waals surface area contributed by atoms with Crippen LogP contribution in [0, 0.1) is 0 Å². The number of aromatic nitrogens is 1. The third-order valence-corrected chi connectivity index (χ3v) is 3.66. The molecule has 0 spiro atoms. The van der Waals surface area contributed by atoms with Gasteiger partial charge in [0.25, 0.3) is 0 Å². The second kappa shape index (κ2) is 5.34. The maximum atomic E-state index is 5.14. The molecule has 1 aromatic heterocycles. The van der Waals surface area contributed by atoms with Gasteiger partial charge in [-0.2, -0.15) is 0 Å². The van der Waals surface area contributed by atoms with Gasteiger partial charge in [-0.05, 0) is 25.0 Å². The first kappa shape index (κ1) is 12.1. The van der Waals surface area contributed by atoms with Crippen LogP contribution in [0.15, 0.2) is 29.0 Å². The van der Waals surface area contributed by atoms with Gasteiger partial charge in [-0.1, -0.05) is 12.8 Å². The number of nitrogens with zero attached hydrogens (tertiary/aromatic N) is 1. The van der Waals surface area contributed by atoms with Crippen molar-refractivity contribution >= 4 is 18.1 Å². The van der Waals surface area contributed by atoms with Crippen molar-refractivity contribution in [3.8, 4) is 0 Å². The molecule has 0 atom stereocenters. The zero-order valence-electron chi connectivity index (χ0n) is 11.1. The first-order chi connectivity index (χ1) is 9.35. The minimum Gasteiger partial charge on any atom is -0.495 e. The molecule has 0 bridgehead atoms. The van der Waals surface area contributed by atoms with Crippen molar-refractivity contribution in [3.05, 3.63) is 34.7 Å². The first-order valence-corrected chi connectivity index (χ1v) is 6.80. The number of ether oxygens (including phenoxy) is 1. The lowest BCUT2D eigenvalue weighted by Crippen LogP contribution is -2.23. The monoisotopic (exact) mass is 257 g/mol. The zero-order chi connectivity index (χ0) is 13.1. The smallest absolute Gasteiger partial charge is 0.139 e. The fraction of sp³-hybridized carbons (Fsp3) is 0.400. The van der Waals surface area contributed by atoms with Gasteiger partial charge >= 0.3 is 0 Å². The molecule has 1 saturated carbocycles. The Balaban J connectivity index is 1.80. The van der Waals surface area contributed by atoms with Gasteiger partial charge in [0, 0.05) is 18.3 Å². The van der Waals surface area contributed by atoms with Gasteiger partial charge in [-0.25, -0.2) is 0 Å². The molecular formula is C15H19N3O. The highest BCUT2D eigenvalue weighted by Crippen LogP contribution is 2.17. The van der Waals surface area contributed by atoms with E-state index >= 15 is 0 Å². The molecule has 1 aliphatic heterocycles. The van der Waals surface area contributed by atoms with Crippen LogP contribution in [0.2, 0.25) is 0 Å². The predicted octanol–water partition coefficient (Wildman–Crippen LogP) is 1.01. The molecule has 100 valence electrons. The van der Waals surface area contributed by atoms with Gasteiger partial charge in [0.15, 0.2) is 0 Å². The number of rotatable bonds is 3. The molecular weight excluding hydrogens is 238 g/mol. The largest absolute Gasteiger partial charge is 0.495 e. The summed E-state index contributed by atoms with van der Waals surface area (Å²) in [5.74, 6) is 0.791. The fourth-order valence-electron chi connectivity index (χ4n) is 2.55. The number of H-pyrrole nitrogens is 1. The molecule has 0 amide bonds. The first-order valence-electron chi connectivity index (χ1n) is 6.80. The molecule has 2 heterocycles. The van der Waals surface area contributed by atoms with Crippen LogP contribution >= 0.6 is 0 Å². The molecule has 1 aromatic rings. The summed E-state index contributed by atoms with van der Waals surface area (Å²) in [4.78, 5) is 7.67. The summed E-state index contributed by atoms with van der Waals surface area (Å²) in [7, 11) is 1.65. The van der Waals surface area contributed by atoms with Gasteiger partial charge < -0.3 is 15.0 Å². The predicted molar refractivity (Wildman–Crippen MR) is 76.9 cm³/mol. The highest BCUT2D eigenvalue weighted by Gasteiger charge is 2.12. The van der Waals surface area contributed by atoms with Crippen LogP contribution in [0.5, 0.6) is 0 Å². The summed E-state index contributed by atoms with van der Waals surface area (Å²) in [6.07, 6.45) is 11.0. The Hall–Kier alpha value is -1.97. The normalized spacial score (nSPS) is 23.0. The van der Waals surface area contributed by atoms with E-state index in [0.717, 1.165) is 22.2 Å². The Bertz CT molecular complexity index is 618. The van der Waals surface area contributed by atoms with Crippen LogP contribution in [-0.4, -0.2) is 24.4 Å². The van der Waals surface area contributed by atoms with Crippen LogP contribution in [0.3, 0.4) is 0 Å². The molecule has 3 rings (SSSR count). The summed E-state index contributed by atoms with van der Waals surface area (Å²) in [6.45, 7) is 0. The van der Waals surface area contributed by atoms with Gasteiger partial charge in [0.05, 0.1) is 29.7 Å². The summed E-state index contributed by atoms with van der Waals surface area (Å²) >= 11 is 0. The van der Waals surface area contributed by atoms with Gasteiger partial charge in [-0.3, -0.25) is 4.99 Å². The van der Waals surface area contributed by atoms with E-state index in [9.17, 15) is 0 Å². The van der Waals surface area contributed by atoms with Crippen LogP contribution < -0.4 is 16.0 Å². The van der Waals surface area contributed by atoms with E-state index in [-0.39, 0.29) is 0 Å². The van der Waals surface area contributed by atoms with Crippen LogP contribution in [-0.2, 0) is 4.74 Å². The summed E-state index contributed by atoms with van der Waals surface area (Å²) in [5, 5.41) is 5.58. The maximum absolute atomic E-state index is 5.14. The van der Waals surface area contributed by atoms with Gasteiger partial charge in [0.2, 0.25) is 0 Å². The topological polar surface area (TPSA) is 49.4 Å². The molecule has 0 saturated heterocycles. The SMILES string of the molecule is COC1=CC(=c2ccc(=CNC3CCCC3)[nH]2)N=C1. The summed E-state index contributed by atoms with van der Waals surface area (Å²) in [5.41, 5.74) is 0.914. The minimum absolute atomic E-state index is 0.642. The van der Waals surface area contributed by atoms with Gasteiger partial charge in [-0.15, -0.1) is 0 Å². The Kier molecular flexibility index (Phi) is 3.40. The Labute approximate surface area is 112 Å². The Morgan fingerprint density at radius 1 is 1.37 bits per heavy atom. The van der Waals surface area contributed by atoms with E-state index in [4.69, 9.17) is 4.74 Å². The number of allylic oxidation sites excluding steroid dienone is 1. The highest BCUT2D eigenvalue weighted by atomic mass is 16.5. The molecule has 19 heavy (non-hydrogen) atoms. The van der Waals surface area contributed by atoms with Crippen molar-refractivity contribution in [2.24, 2.45) is 4.99 Å². The quantitative estimate of drug-likeness (QED) is 0.849. The van der Waals surface area contributed by atoms with E-state index in [1.54, 1.807) is 13.3 Å². The second-order valence-electron chi connectivity index (χ2n) is 5.01. The molecule has 2 aliphatic rings. The van der Waals surface area contributed by atoms with Crippen molar-refractivity contribution in [2.75, 3.05) is 7.11 Å². The standard InChI is InChI=1S/C15H19N3O/c1-19-13-8-15(17-10-13)14-7-6-12(18-14)9-16-11-4-2-3-5-11/h6-11,16,18H,2-5H2,1H3. The minimum atomic E-state index is 0.642. The average molecular weight is 257 g/mol. The van der Waals surface area contributed by atoms with E-state index in [1.807, 2.05) is 12.1 Å². The Morgan fingerprint density at radius 3 is 2.95 bits per heavy atom. The molecule has 0 aromatic carbocycles. The third-order valence-electron chi connectivity index (χ3n) is 3.66. The van der Waals surface area contributed by atoms with Crippen molar-refractivity contribution in [1.82, 2.24) is 10.3 Å². The molecule has 0 unspecified atom stereocenters.